The minimum atomic E-state index is 0.127. The number of aryl methyl sites for hydroxylation is 1. The second-order valence-corrected chi connectivity index (χ2v) is 10.3. The Bertz CT molecular complexity index is 1010. The largest absolute Gasteiger partial charge is 0.337 e. The highest BCUT2D eigenvalue weighted by atomic mass is 32.2. The van der Waals surface area contributed by atoms with Crippen LogP contribution in [0.15, 0.2) is 11.5 Å². The molecule has 0 fully saturated rings. The monoisotopic (exact) mass is 417 g/mol. The number of fused-ring (bicyclic) bond motifs is 5. The van der Waals surface area contributed by atoms with E-state index < -0.39 is 0 Å². The molecular formula is C20H27N5OS2. The molecule has 0 bridgehead atoms. The summed E-state index contributed by atoms with van der Waals surface area (Å²) in [5.74, 6) is 1.22. The molecule has 8 heteroatoms. The molecule has 1 unspecified atom stereocenters. The Morgan fingerprint density at radius 2 is 2.07 bits per heavy atom. The molecule has 1 atom stereocenters. The van der Waals surface area contributed by atoms with Gasteiger partial charge in [0.25, 0.3) is 0 Å². The van der Waals surface area contributed by atoms with Crippen molar-refractivity contribution in [2.75, 3.05) is 5.75 Å². The van der Waals surface area contributed by atoms with Crippen molar-refractivity contribution in [2.24, 2.45) is 5.92 Å². The van der Waals surface area contributed by atoms with Crippen LogP contribution < -0.4 is 0 Å². The Kier molecular flexibility index (Phi) is 5.35. The first-order chi connectivity index (χ1) is 13.4. The first-order valence-corrected chi connectivity index (χ1v) is 11.7. The quantitative estimate of drug-likeness (QED) is 0.582. The van der Waals surface area contributed by atoms with Gasteiger partial charge in [-0.2, -0.15) is 0 Å². The van der Waals surface area contributed by atoms with Crippen molar-refractivity contribution in [1.29, 1.82) is 0 Å². The molecule has 3 aromatic rings. The van der Waals surface area contributed by atoms with E-state index in [1.807, 2.05) is 9.30 Å². The number of hydrogen-bond donors (Lipinski definition) is 0. The van der Waals surface area contributed by atoms with Crippen molar-refractivity contribution < 1.29 is 4.79 Å². The van der Waals surface area contributed by atoms with Crippen LogP contribution in [0.25, 0.3) is 15.9 Å². The average molecular weight is 418 g/mol. The molecule has 0 N–H and O–H groups in total. The van der Waals surface area contributed by atoms with E-state index in [9.17, 15) is 4.79 Å². The Hall–Kier alpha value is -1.67. The van der Waals surface area contributed by atoms with Gasteiger partial charge in [-0.05, 0) is 58.4 Å². The molecule has 0 spiro atoms. The highest BCUT2D eigenvalue weighted by Gasteiger charge is 2.25. The Morgan fingerprint density at radius 1 is 1.32 bits per heavy atom. The van der Waals surface area contributed by atoms with Crippen LogP contribution in [-0.4, -0.2) is 48.2 Å². The second-order valence-electron chi connectivity index (χ2n) is 8.23. The Morgan fingerprint density at radius 3 is 2.79 bits per heavy atom. The Balaban J connectivity index is 1.63. The van der Waals surface area contributed by atoms with Crippen LogP contribution in [0.3, 0.4) is 0 Å². The fourth-order valence-electron chi connectivity index (χ4n) is 4.19. The molecule has 0 radical (unpaired) electrons. The van der Waals surface area contributed by atoms with Crippen molar-refractivity contribution >= 4 is 44.9 Å². The number of nitrogens with zero attached hydrogens (tertiary/aromatic N) is 5. The summed E-state index contributed by atoms with van der Waals surface area (Å²) in [6, 6.07) is 0.369. The molecule has 3 aromatic heterocycles. The Labute approximate surface area is 173 Å². The zero-order chi connectivity index (χ0) is 20.0. The molecule has 150 valence electrons. The number of thiophene rings is 1. The zero-order valence-corrected chi connectivity index (χ0v) is 18.7. The summed E-state index contributed by atoms with van der Waals surface area (Å²) in [4.78, 5) is 21.8. The predicted octanol–water partition coefficient (Wildman–Crippen LogP) is 4.20. The van der Waals surface area contributed by atoms with Crippen LogP contribution in [0.5, 0.6) is 0 Å². The van der Waals surface area contributed by atoms with Crippen LogP contribution in [0.1, 0.15) is 51.5 Å². The van der Waals surface area contributed by atoms with Gasteiger partial charge in [-0.25, -0.2) is 4.98 Å². The maximum Gasteiger partial charge on any atom is 0.233 e. The molecule has 0 saturated carbocycles. The van der Waals surface area contributed by atoms with E-state index in [0.717, 1.165) is 39.8 Å². The summed E-state index contributed by atoms with van der Waals surface area (Å²) in [5.41, 5.74) is 2.28. The van der Waals surface area contributed by atoms with Crippen LogP contribution >= 0.6 is 23.1 Å². The van der Waals surface area contributed by atoms with E-state index in [4.69, 9.17) is 0 Å². The van der Waals surface area contributed by atoms with Crippen LogP contribution in [0, 0.1) is 5.92 Å². The van der Waals surface area contributed by atoms with E-state index in [0.29, 0.717) is 5.75 Å². The first-order valence-electron chi connectivity index (χ1n) is 9.94. The lowest BCUT2D eigenvalue weighted by Crippen LogP contribution is -2.43. The number of carbonyl (C=O) groups is 1. The van der Waals surface area contributed by atoms with Gasteiger partial charge in [-0.15, -0.1) is 21.5 Å². The maximum atomic E-state index is 12.7. The van der Waals surface area contributed by atoms with E-state index in [1.54, 1.807) is 17.7 Å². The van der Waals surface area contributed by atoms with E-state index in [2.05, 4.69) is 49.8 Å². The third kappa shape index (κ3) is 3.41. The lowest BCUT2D eigenvalue weighted by molar-refractivity contribution is -0.131. The number of rotatable bonds is 5. The second kappa shape index (κ2) is 7.63. The summed E-state index contributed by atoms with van der Waals surface area (Å²) in [6.45, 7) is 10.5. The fraction of sp³-hybridized carbons (Fsp3) is 0.600. The van der Waals surface area contributed by atoms with Gasteiger partial charge >= 0.3 is 0 Å². The molecule has 3 heterocycles. The molecule has 1 aliphatic carbocycles. The van der Waals surface area contributed by atoms with Crippen LogP contribution in [-0.2, 0) is 17.6 Å². The first kappa shape index (κ1) is 19.6. The summed E-state index contributed by atoms with van der Waals surface area (Å²) in [6.07, 6.45) is 5.24. The molecule has 6 nitrogen and oxygen atoms in total. The van der Waals surface area contributed by atoms with Gasteiger partial charge in [0.2, 0.25) is 5.91 Å². The molecule has 0 aromatic carbocycles. The molecule has 28 heavy (non-hydrogen) atoms. The average Bonchev–Trinajstić information content (AvgIpc) is 3.18. The SMILES string of the molecule is CC1CCc2c(sc3ncn4c(SCC(=O)N(C(C)C)C(C)C)nnc4c23)C1. The summed E-state index contributed by atoms with van der Waals surface area (Å²) < 4.78 is 1.94. The van der Waals surface area contributed by atoms with Crippen LogP contribution in [0.2, 0.25) is 0 Å². The van der Waals surface area contributed by atoms with E-state index in [1.165, 1.54) is 28.6 Å². The molecule has 1 aliphatic rings. The number of thioether (sulfide) groups is 1. The van der Waals surface area contributed by atoms with Gasteiger partial charge in [0.1, 0.15) is 11.2 Å². The van der Waals surface area contributed by atoms with Gasteiger partial charge < -0.3 is 4.90 Å². The molecule has 0 saturated heterocycles. The van der Waals surface area contributed by atoms with Crippen molar-refractivity contribution in [3.63, 3.8) is 0 Å². The molecular weight excluding hydrogens is 390 g/mol. The van der Waals surface area contributed by atoms with Crippen molar-refractivity contribution in [3.05, 3.63) is 16.8 Å². The smallest absolute Gasteiger partial charge is 0.233 e. The van der Waals surface area contributed by atoms with Crippen LogP contribution in [0.4, 0.5) is 0 Å². The van der Waals surface area contributed by atoms with E-state index >= 15 is 0 Å². The van der Waals surface area contributed by atoms with Crippen molar-refractivity contribution in [1.82, 2.24) is 24.5 Å². The minimum absolute atomic E-state index is 0.127. The van der Waals surface area contributed by atoms with Crippen molar-refractivity contribution in [2.45, 2.75) is 71.1 Å². The third-order valence-corrected chi connectivity index (χ3v) is 7.49. The third-order valence-electron chi connectivity index (χ3n) is 5.40. The topological polar surface area (TPSA) is 63.4 Å². The van der Waals surface area contributed by atoms with E-state index in [-0.39, 0.29) is 18.0 Å². The molecule has 0 aliphatic heterocycles. The predicted molar refractivity (Wildman–Crippen MR) is 115 cm³/mol. The lowest BCUT2D eigenvalue weighted by atomic mass is 9.89. The number of carbonyl (C=O) groups excluding carboxylic acids is 1. The highest BCUT2D eigenvalue weighted by Crippen LogP contribution is 2.39. The standard InChI is InChI=1S/C20H27N5OS2/c1-11(2)25(12(3)4)16(26)9-27-20-23-22-18-17-14-7-6-13(5)8-15(14)28-19(17)21-10-24(18)20/h10-13H,6-9H2,1-5H3. The molecule has 4 rings (SSSR count). The van der Waals surface area contributed by atoms with Gasteiger partial charge in [0.15, 0.2) is 10.8 Å². The lowest BCUT2D eigenvalue weighted by Gasteiger charge is -2.30. The van der Waals surface area contributed by atoms with Crippen molar-refractivity contribution in [3.8, 4) is 0 Å². The highest BCUT2D eigenvalue weighted by molar-refractivity contribution is 7.99. The van der Waals surface area contributed by atoms with Gasteiger partial charge in [0, 0.05) is 17.0 Å². The van der Waals surface area contributed by atoms with Gasteiger partial charge in [-0.3, -0.25) is 9.20 Å². The number of hydrogen-bond acceptors (Lipinski definition) is 6. The summed E-state index contributed by atoms with van der Waals surface area (Å²) in [5, 5.41) is 10.7. The number of aromatic nitrogens is 4. The van der Waals surface area contributed by atoms with Gasteiger partial charge in [0.05, 0.1) is 11.1 Å². The summed E-state index contributed by atoms with van der Waals surface area (Å²) in [7, 11) is 0. The number of amides is 1. The normalized spacial score (nSPS) is 17.0. The molecule has 1 amide bonds. The fourth-order valence-corrected chi connectivity index (χ4v) is 6.31. The van der Waals surface area contributed by atoms with Gasteiger partial charge in [-0.1, -0.05) is 18.7 Å². The summed E-state index contributed by atoms with van der Waals surface area (Å²) >= 11 is 3.23. The minimum Gasteiger partial charge on any atom is -0.337 e. The zero-order valence-electron chi connectivity index (χ0n) is 17.1. The maximum absolute atomic E-state index is 12.7.